The van der Waals surface area contributed by atoms with Crippen LogP contribution in [-0.2, 0) is 24.2 Å². The lowest BCUT2D eigenvalue weighted by Gasteiger charge is -2.22. The first-order valence-electron chi connectivity index (χ1n) is 13.3. The van der Waals surface area contributed by atoms with Crippen molar-refractivity contribution in [2.45, 2.75) is 44.2 Å². The van der Waals surface area contributed by atoms with Crippen LogP contribution in [0.15, 0.2) is 54.7 Å². The van der Waals surface area contributed by atoms with Crippen LogP contribution in [0.5, 0.6) is 0 Å². The first-order valence-corrected chi connectivity index (χ1v) is 13.3. The summed E-state index contributed by atoms with van der Waals surface area (Å²) in [5.41, 5.74) is 7.06. The van der Waals surface area contributed by atoms with Crippen LogP contribution in [0.1, 0.15) is 63.4 Å². The first kappa shape index (κ1) is 27.6. The van der Waals surface area contributed by atoms with Crippen molar-refractivity contribution in [3.8, 4) is 11.1 Å². The van der Waals surface area contributed by atoms with Gasteiger partial charge in [-0.25, -0.2) is 22.0 Å². The van der Waals surface area contributed by atoms with Crippen LogP contribution in [0.2, 0.25) is 0 Å². The minimum atomic E-state index is -2.77. The molecule has 2 aromatic carbocycles. The monoisotopic (exact) mass is 581 g/mol. The van der Waals surface area contributed by atoms with Gasteiger partial charge in [-0.2, -0.15) is 5.10 Å². The third kappa shape index (κ3) is 5.24. The van der Waals surface area contributed by atoms with E-state index < -0.39 is 41.7 Å². The number of amides is 2. The summed E-state index contributed by atoms with van der Waals surface area (Å²) in [5.74, 6) is -3.67. The van der Waals surface area contributed by atoms with Crippen LogP contribution >= 0.6 is 0 Å². The summed E-state index contributed by atoms with van der Waals surface area (Å²) in [4.78, 5) is 29.6. The van der Waals surface area contributed by atoms with Gasteiger partial charge in [0, 0.05) is 29.1 Å². The molecule has 7 nitrogen and oxygen atoms in total. The lowest BCUT2D eigenvalue weighted by molar-refractivity contribution is -0.122. The van der Waals surface area contributed by atoms with E-state index in [9.17, 15) is 31.5 Å². The fraction of sp³-hybridized carbons (Fsp3) is 0.267. The van der Waals surface area contributed by atoms with Crippen molar-refractivity contribution in [3.63, 3.8) is 0 Å². The summed E-state index contributed by atoms with van der Waals surface area (Å²) in [6.07, 6.45) is -0.0199. The molecule has 2 amide bonds. The third-order valence-corrected chi connectivity index (χ3v) is 7.78. The molecular weight excluding hydrogens is 557 g/mol. The maximum atomic E-state index is 14.2. The highest BCUT2D eigenvalue weighted by Crippen LogP contribution is 2.58. The van der Waals surface area contributed by atoms with Gasteiger partial charge in [0.25, 0.3) is 12.3 Å². The molecule has 216 valence electrons. The van der Waals surface area contributed by atoms with Crippen LogP contribution < -0.4 is 11.1 Å². The summed E-state index contributed by atoms with van der Waals surface area (Å²) in [6, 6.07) is 8.96. The van der Waals surface area contributed by atoms with Crippen molar-refractivity contribution >= 4 is 11.8 Å². The third-order valence-electron chi connectivity index (χ3n) is 7.78. The molecule has 6 rings (SSSR count). The number of benzene rings is 2. The molecule has 0 saturated heterocycles. The fourth-order valence-electron chi connectivity index (χ4n) is 5.90. The molecule has 0 aliphatic heterocycles. The van der Waals surface area contributed by atoms with Gasteiger partial charge in [-0.05, 0) is 72.6 Å². The molecule has 2 aliphatic carbocycles. The van der Waals surface area contributed by atoms with Gasteiger partial charge in [0.05, 0.1) is 17.3 Å². The number of rotatable bonds is 9. The largest absolute Gasteiger partial charge is 0.366 e. The Balaban J connectivity index is 1.35. The Morgan fingerprint density at radius 2 is 1.81 bits per heavy atom. The maximum absolute atomic E-state index is 14.2. The van der Waals surface area contributed by atoms with Gasteiger partial charge >= 0.3 is 0 Å². The van der Waals surface area contributed by atoms with Crippen molar-refractivity contribution in [1.29, 1.82) is 0 Å². The number of nitrogens with zero attached hydrogens (tertiary/aromatic N) is 3. The Kier molecular flexibility index (Phi) is 6.99. The SMILES string of the molecule is NC(=O)c1cc(-c2cccnc2C(Cc2cc(F)cc(F)c2)NC(=O)Cn2nc(C(F)F)c3c2C[C@@H]2C[C@H]32)ccc1F. The lowest BCUT2D eigenvalue weighted by atomic mass is 9.94. The molecule has 3 N–H and O–H groups in total. The number of fused-ring (bicyclic) bond motifs is 3. The first-order chi connectivity index (χ1) is 20.1. The van der Waals surface area contributed by atoms with E-state index in [0.717, 1.165) is 30.7 Å². The van der Waals surface area contributed by atoms with Gasteiger partial charge in [0.2, 0.25) is 5.91 Å². The highest BCUT2D eigenvalue weighted by molar-refractivity contribution is 5.94. The Morgan fingerprint density at radius 3 is 2.52 bits per heavy atom. The minimum Gasteiger partial charge on any atom is -0.366 e. The zero-order valence-electron chi connectivity index (χ0n) is 22.0. The summed E-state index contributed by atoms with van der Waals surface area (Å²) in [5, 5.41) is 6.87. The van der Waals surface area contributed by atoms with Gasteiger partial charge in [0.1, 0.15) is 29.7 Å². The number of carbonyl (C=O) groups is 2. The Bertz CT molecular complexity index is 1700. The number of carbonyl (C=O) groups excluding carboxylic acids is 2. The van der Waals surface area contributed by atoms with E-state index in [1.54, 1.807) is 12.1 Å². The Labute approximate surface area is 236 Å². The Morgan fingerprint density at radius 1 is 1.05 bits per heavy atom. The molecule has 0 spiro atoms. The molecule has 4 aromatic rings. The second kappa shape index (κ2) is 10.7. The number of primary amides is 1. The average Bonchev–Trinajstić information content (AvgIpc) is 3.45. The van der Waals surface area contributed by atoms with Crippen LogP contribution in [0.4, 0.5) is 22.0 Å². The van der Waals surface area contributed by atoms with Crippen molar-refractivity contribution in [2.24, 2.45) is 11.7 Å². The van der Waals surface area contributed by atoms with Crippen molar-refractivity contribution in [3.05, 3.63) is 106 Å². The molecule has 0 bridgehead atoms. The molecule has 42 heavy (non-hydrogen) atoms. The molecule has 1 unspecified atom stereocenters. The number of nitrogens with one attached hydrogen (secondary N) is 1. The standard InChI is InChI=1S/C30H24F5N5O2/c31-17-6-14(7-18(32)12-17)8-23(27-19(2-1-5-37-27)15-3-4-22(33)21(9-15)30(36)42)38-25(41)13-40-24-11-16-10-20(16)26(24)28(39-40)29(34)35/h1-7,9,12,16,20,23,29H,8,10-11,13H2,(H2,36,42)(H,38,41)/t16-,20-,23?/m0/s1. The summed E-state index contributed by atoms with van der Waals surface area (Å²) in [7, 11) is 0. The smallest absolute Gasteiger partial charge is 0.282 e. The molecule has 3 atom stereocenters. The van der Waals surface area contributed by atoms with Crippen molar-refractivity contribution in [1.82, 2.24) is 20.1 Å². The molecule has 12 heteroatoms. The second-order valence-electron chi connectivity index (χ2n) is 10.6. The highest BCUT2D eigenvalue weighted by Gasteiger charge is 2.50. The van der Waals surface area contributed by atoms with E-state index in [4.69, 9.17) is 5.73 Å². The number of halogens is 5. The van der Waals surface area contributed by atoms with Gasteiger partial charge in [0.15, 0.2) is 0 Å². The lowest BCUT2D eigenvalue weighted by Crippen LogP contribution is -2.34. The van der Waals surface area contributed by atoms with Gasteiger partial charge < -0.3 is 11.1 Å². The van der Waals surface area contributed by atoms with Crippen LogP contribution in [0.25, 0.3) is 11.1 Å². The molecule has 0 radical (unpaired) electrons. The van der Waals surface area contributed by atoms with E-state index in [0.29, 0.717) is 28.8 Å². The van der Waals surface area contributed by atoms with E-state index in [1.165, 1.54) is 23.0 Å². The van der Waals surface area contributed by atoms with Crippen LogP contribution in [-0.4, -0.2) is 26.6 Å². The predicted octanol–water partition coefficient (Wildman–Crippen LogP) is 5.16. The predicted molar refractivity (Wildman–Crippen MR) is 141 cm³/mol. The number of alkyl halides is 2. The molecule has 1 saturated carbocycles. The van der Waals surface area contributed by atoms with Crippen molar-refractivity contribution < 1.29 is 31.5 Å². The highest BCUT2D eigenvalue weighted by atomic mass is 19.3. The second-order valence-corrected chi connectivity index (χ2v) is 10.6. The quantitative estimate of drug-likeness (QED) is 0.267. The molecule has 1 fully saturated rings. The summed E-state index contributed by atoms with van der Waals surface area (Å²) >= 11 is 0. The number of hydrogen-bond donors (Lipinski definition) is 2. The number of pyridine rings is 1. The number of aromatic nitrogens is 3. The molecule has 2 heterocycles. The van der Waals surface area contributed by atoms with Gasteiger partial charge in [-0.3, -0.25) is 19.3 Å². The van der Waals surface area contributed by atoms with Crippen LogP contribution in [0, 0.1) is 23.4 Å². The van der Waals surface area contributed by atoms with Crippen molar-refractivity contribution in [2.75, 3.05) is 0 Å². The molecule has 2 aliphatic rings. The van der Waals surface area contributed by atoms with E-state index in [1.807, 2.05) is 0 Å². The van der Waals surface area contributed by atoms with E-state index in [2.05, 4.69) is 15.4 Å². The zero-order valence-corrected chi connectivity index (χ0v) is 22.0. The summed E-state index contributed by atoms with van der Waals surface area (Å²) in [6.45, 7) is -0.354. The number of hydrogen-bond acceptors (Lipinski definition) is 4. The van der Waals surface area contributed by atoms with Gasteiger partial charge in [-0.15, -0.1) is 0 Å². The fourth-order valence-corrected chi connectivity index (χ4v) is 5.90. The van der Waals surface area contributed by atoms with Gasteiger partial charge in [-0.1, -0.05) is 12.1 Å². The van der Waals surface area contributed by atoms with E-state index in [-0.39, 0.29) is 47.3 Å². The zero-order chi connectivity index (χ0) is 29.7. The molecule has 2 aromatic heterocycles. The van der Waals surface area contributed by atoms with Crippen LogP contribution in [0.3, 0.4) is 0 Å². The maximum Gasteiger partial charge on any atom is 0.282 e. The average molecular weight is 582 g/mol. The summed E-state index contributed by atoms with van der Waals surface area (Å²) < 4.78 is 71.1. The Hall–Kier alpha value is -4.61. The molecular formula is C30H24F5N5O2. The topological polar surface area (TPSA) is 103 Å². The minimum absolute atomic E-state index is 0.0495. The van der Waals surface area contributed by atoms with E-state index >= 15 is 0 Å². The normalized spacial score (nSPS) is 17.6. The number of nitrogens with two attached hydrogens (primary N) is 1.